The molecule has 0 aliphatic heterocycles. The van der Waals surface area contributed by atoms with Crippen LogP contribution in [0.1, 0.15) is 181 Å². The standard InChI is InChI=1S/C60H90O6/c1-4-7-10-13-16-19-22-24-26-28-30-32-33-35-38-41-44-47-50-53-59(62)65-56-57(55-64-58(61)52-49-46-43-40-37-21-18-15-12-9-6-3)66-60(63)54-51-48-45-42-39-36-34-31-29-27-25-23-20-17-14-11-8-5-2/h7,9-10,12-13,16,18-19,21-35,38,40,43,57H,4-6,8,11,14-15,17,20,36-37,39,41-42,44-56H2,1-3H3/b10-7-,12-9-,16-13-,21-18-,22-19-,25-23-,26-24-,29-27-,30-28+,33-32-,34-31-,38-35-,43-40-. The van der Waals surface area contributed by atoms with E-state index >= 15 is 0 Å². The second kappa shape index (κ2) is 52.7. The van der Waals surface area contributed by atoms with Crippen LogP contribution < -0.4 is 0 Å². The molecule has 66 heavy (non-hydrogen) atoms. The zero-order valence-electron chi connectivity index (χ0n) is 41.6. The van der Waals surface area contributed by atoms with E-state index in [0.29, 0.717) is 12.8 Å². The lowest BCUT2D eigenvalue weighted by Gasteiger charge is -2.18. The van der Waals surface area contributed by atoms with E-state index in [9.17, 15) is 14.4 Å². The molecule has 0 radical (unpaired) electrons. The highest BCUT2D eigenvalue weighted by Crippen LogP contribution is 2.12. The maximum atomic E-state index is 12.8. The number of esters is 3. The number of carbonyl (C=O) groups excluding carboxylic acids is 3. The van der Waals surface area contributed by atoms with E-state index in [-0.39, 0.29) is 50.4 Å². The Hall–Kier alpha value is -4.97. The first-order valence-electron chi connectivity index (χ1n) is 25.6. The number of hydrogen-bond acceptors (Lipinski definition) is 6. The molecule has 0 saturated heterocycles. The second-order valence-electron chi connectivity index (χ2n) is 16.2. The van der Waals surface area contributed by atoms with Gasteiger partial charge in [0.25, 0.3) is 0 Å². The van der Waals surface area contributed by atoms with Gasteiger partial charge in [-0.3, -0.25) is 14.4 Å². The van der Waals surface area contributed by atoms with Gasteiger partial charge in [0, 0.05) is 19.3 Å². The van der Waals surface area contributed by atoms with Crippen LogP contribution in [0.5, 0.6) is 0 Å². The number of unbranched alkanes of at least 4 members (excludes halogenated alkanes) is 14. The fourth-order valence-electron chi connectivity index (χ4n) is 6.21. The molecule has 0 aromatic heterocycles. The molecule has 1 atom stereocenters. The molecule has 0 aliphatic carbocycles. The summed E-state index contributed by atoms with van der Waals surface area (Å²) in [4.78, 5) is 37.9. The summed E-state index contributed by atoms with van der Waals surface area (Å²) in [5.41, 5.74) is 0. The van der Waals surface area contributed by atoms with E-state index in [1.807, 2.05) is 72.9 Å². The first kappa shape index (κ1) is 61.0. The van der Waals surface area contributed by atoms with Gasteiger partial charge in [0.05, 0.1) is 0 Å². The molecule has 0 aromatic carbocycles. The number of rotatable bonds is 43. The van der Waals surface area contributed by atoms with Crippen LogP contribution in [0, 0.1) is 0 Å². The SMILES string of the molecule is CC\C=C/C=C\C=C/C=C\C=C\C=C/C=C\CCCCCC(=O)OCC(COC(=O)CCC/C=C\C/C=C\C/C=C\CC)OC(=O)CCCCCCC\C=C/C=C\C=C/CCCCCCC. The van der Waals surface area contributed by atoms with Crippen LogP contribution in [-0.4, -0.2) is 37.2 Å². The molecule has 0 N–H and O–H groups in total. The zero-order chi connectivity index (χ0) is 47.9. The third-order valence-corrected chi connectivity index (χ3v) is 10.0. The lowest BCUT2D eigenvalue weighted by molar-refractivity contribution is -0.167. The first-order chi connectivity index (χ1) is 32.5. The van der Waals surface area contributed by atoms with E-state index in [4.69, 9.17) is 14.2 Å². The van der Waals surface area contributed by atoms with Crippen molar-refractivity contribution >= 4 is 17.9 Å². The van der Waals surface area contributed by atoms with Crippen molar-refractivity contribution in [3.05, 3.63) is 158 Å². The van der Waals surface area contributed by atoms with Crippen molar-refractivity contribution in [2.75, 3.05) is 13.2 Å². The minimum absolute atomic E-state index is 0.134. The maximum Gasteiger partial charge on any atom is 0.306 e. The van der Waals surface area contributed by atoms with E-state index in [1.54, 1.807) is 0 Å². The molecular weight excluding hydrogens is 817 g/mol. The van der Waals surface area contributed by atoms with Crippen LogP contribution in [0.2, 0.25) is 0 Å². The van der Waals surface area contributed by atoms with Crippen LogP contribution in [0.4, 0.5) is 0 Å². The number of allylic oxidation sites excluding steroid dienone is 26. The number of hydrogen-bond donors (Lipinski definition) is 0. The molecule has 0 fully saturated rings. The van der Waals surface area contributed by atoms with Gasteiger partial charge in [0.15, 0.2) is 6.10 Å². The van der Waals surface area contributed by atoms with Gasteiger partial charge in [-0.25, -0.2) is 0 Å². The van der Waals surface area contributed by atoms with Crippen molar-refractivity contribution < 1.29 is 28.6 Å². The summed E-state index contributed by atoms with van der Waals surface area (Å²) in [7, 11) is 0. The molecular formula is C60H90O6. The molecule has 366 valence electrons. The van der Waals surface area contributed by atoms with Crippen molar-refractivity contribution in [3.8, 4) is 0 Å². The lowest BCUT2D eigenvalue weighted by Crippen LogP contribution is -2.30. The molecule has 0 spiro atoms. The van der Waals surface area contributed by atoms with Crippen LogP contribution in [0.25, 0.3) is 0 Å². The first-order valence-corrected chi connectivity index (χ1v) is 25.6. The molecule has 1 unspecified atom stereocenters. The summed E-state index contributed by atoms with van der Waals surface area (Å²) in [6, 6.07) is 0. The Bertz CT molecular complexity index is 1560. The van der Waals surface area contributed by atoms with Crippen molar-refractivity contribution in [1.29, 1.82) is 0 Å². The van der Waals surface area contributed by atoms with Gasteiger partial charge < -0.3 is 14.2 Å². The molecule has 0 heterocycles. The fraction of sp³-hybridized carbons (Fsp3) is 0.517. The largest absolute Gasteiger partial charge is 0.462 e. The monoisotopic (exact) mass is 907 g/mol. The van der Waals surface area contributed by atoms with E-state index < -0.39 is 6.10 Å². The molecule has 0 aromatic rings. The Morgan fingerprint density at radius 1 is 0.333 bits per heavy atom. The third kappa shape index (κ3) is 50.0. The molecule has 0 rings (SSSR count). The van der Waals surface area contributed by atoms with Gasteiger partial charge in [0.2, 0.25) is 0 Å². The van der Waals surface area contributed by atoms with Crippen molar-refractivity contribution in [2.24, 2.45) is 0 Å². The molecule has 0 aliphatic rings. The highest BCUT2D eigenvalue weighted by atomic mass is 16.6. The van der Waals surface area contributed by atoms with E-state index in [2.05, 4.69) is 106 Å². The quantitative estimate of drug-likeness (QED) is 0.0199. The van der Waals surface area contributed by atoms with Gasteiger partial charge in [-0.15, -0.1) is 0 Å². The van der Waals surface area contributed by atoms with Crippen LogP contribution in [0.15, 0.2) is 158 Å². The number of ether oxygens (including phenoxy) is 3. The highest BCUT2D eigenvalue weighted by molar-refractivity contribution is 5.71. The molecule has 0 saturated carbocycles. The second-order valence-corrected chi connectivity index (χ2v) is 16.2. The maximum absolute atomic E-state index is 12.8. The summed E-state index contributed by atoms with van der Waals surface area (Å²) in [5.74, 6) is -1.06. The smallest absolute Gasteiger partial charge is 0.306 e. The van der Waals surface area contributed by atoms with Crippen LogP contribution in [-0.2, 0) is 28.6 Å². The molecule has 6 heteroatoms. The van der Waals surface area contributed by atoms with Crippen molar-refractivity contribution in [2.45, 2.75) is 187 Å². The van der Waals surface area contributed by atoms with Crippen molar-refractivity contribution in [3.63, 3.8) is 0 Å². The van der Waals surface area contributed by atoms with Crippen LogP contribution >= 0.6 is 0 Å². The van der Waals surface area contributed by atoms with Gasteiger partial charge in [0.1, 0.15) is 13.2 Å². The molecule has 0 amide bonds. The number of carbonyl (C=O) groups is 3. The summed E-state index contributed by atoms with van der Waals surface area (Å²) < 4.78 is 16.7. The van der Waals surface area contributed by atoms with Gasteiger partial charge in [-0.1, -0.05) is 230 Å². The predicted molar refractivity (Wildman–Crippen MR) is 283 cm³/mol. The molecule has 0 bridgehead atoms. The Labute approximate surface area is 403 Å². The Balaban J connectivity index is 4.60. The minimum atomic E-state index is -0.836. The Kier molecular flexibility index (Phi) is 48.7. The highest BCUT2D eigenvalue weighted by Gasteiger charge is 2.19. The van der Waals surface area contributed by atoms with Gasteiger partial charge in [-0.2, -0.15) is 0 Å². The third-order valence-electron chi connectivity index (χ3n) is 10.0. The van der Waals surface area contributed by atoms with E-state index in [0.717, 1.165) is 96.3 Å². The Morgan fingerprint density at radius 2 is 0.682 bits per heavy atom. The molecule has 6 nitrogen and oxygen atoms in total. The van der Waals surface area contributed by atoms with Gasteiger partial charge in [-0.05, 0) is 89.9 Å². The normalized spacial score (nSPS) is 13.4. The topological polar surface area (TPSA) is 78.9 Å². The summed E-state index contributed by atoms with van der Waals surface area (Å²) >= 11 is 0. The van der Waals surface area contributed by atoms with Crippen molar-refractivity contribution in [1.82, 2.24) is 0 Å². The van der Waals surface area contributed by atoms with Gasteiger partial charge >= 0.3 is 17.9 Å². The summed E-state index contributed by atoms with van der Waals surface area (Å²) in [6.07, 6.45) is 76.6. The zero-order valence-corrected chi connectivity index (χ0v) is 41.6. The minimum Gasteiger partial charge on any atom is -0.462 e. The van der Waals surface area contributed by atoms with E-state index in [1.165, 1.54) is 32.1 Å². The average molecular weight is 907 g/mol. The predicted octanol–water partition coefficient (Wildman–Crippen LogP) is 17.0. The Morgan fingerprint density at radius 3 is 1.17 bits per heavy atom. The average Bonchev–Trinajstić information content (AvgIpc) is 3.31. The fourth-order valence-corrected chi connectivity index (χ4v) is 6.21. The lowest BCUT2D eigenvalue weighted by atomic mass is 10.1. The van der Waals surface area contributed by atoms with Crippen LogP contribution in [0.3, 0.4) is 0 Å². The summed E-state index contributed by atoms with van der Waals surface area (Å²) in [5, 5.41) is 0. The summed E-state index contributed by atoms with van der Waals surface area (Å²) in [6.45, 7) is 6.22.